The first-order valence-corrected chi connectivity index (χ1v) is 2.92. The standard InChI is InChI=1S/C6H11O3/c1-2-3-4-9-5-6(7)8/h4H,2-3,5H2,1H3,(H,7,8). The van der Waals surface area contributed by atoms with Crippen molar-refractivity contribution in [2.24, 2.45) is 0 Å². The van der Waals surface area contributed by atoms with Gasteiger partial charge in [-0.2, -0.15) is 0 Å². The third kappa shape index (κ3) is 7.43. The van der Waals surface area contributed by atoms with Gasteiger partial charge in [-0.1, -0.05) is 13.3 Å². The zero-order valence-corrected chi connectivity index (χ0v) is 5.46. The molecule has 1 radical (unpaired) electrons. The number of rotatable bonds is 5. The average molecular weight is 131 g/mol. The summed E-state index contributed by atoms with van der Waals surface area (Å²) in [6.07, 6.45) is 1.80. The maximum absolute atomic E-state index is 9.82. The molecule has 0 spiro atoms. The largest absolute Gasteiger partial charge is 0.480 e. The van der Waals surface area contributed by atoms with Gasteiger partial charge in [-0.3, -0.25) is 0 Å². The lowest BCUT2D eigenvalue weighted by Gasteiger charge is -1.95. The first-order chi connectivity index (χ1) is 4.27. The molecule has 9 heavy (non-hydrogen) atoms. The van der Waals surface area contributed by atoms with Crippen molar-refractivity contribution in [3.8, 4) is 0 Å². The number of aliphatic carboxylic acids is 1. The fraction of sp³-hybridized carbons (Fsp3) is 0.667. The number of carbonyl (C=O) groups is 1. The van der Waals surface area contributed by atoms with E-state index < -0.39 is 5.97 Å². The summed E-state index contributed by atoms with van der Waals surface area (Å²) >= 11 is 0. The third-order valence-electron chi connectivity index (χ3n) is 0.731. The van der Waals surface area contributed by atoms with Crippen LogP contribution < -0.4 is 0 Å². The second-order valence-corrected chi connectivity index (χ2v) is 1.66. The second-order valence-electron chi connectivity index (χ2n) is 1.66. The molecule has 0 aromatic rings. The Kier molecular flexibility index (Phi) is 5.21. The highest BCUT2D eigenvalue weighted by atomic mass is 16.5. The quantitative estimate of drug-likeness (QED) is 0.567. The van der Waals surface area contributed by atoms with Crippen molar-refractivity contribution in [3.05, 3.63) is 6.61 Å². The molecule has 0 fully saturated rings. The zero-order valence-electron chi connectivity index (χ0n) is 5.46. The zero-order chi connectivity index (χ0) is 7.11. The van der Waals surface area contributed by atoms with Crippen molar-refractivity contribution in [1.82, 2.24) is 0 Å². The van der Waals surface area contributed by atoms with Crippen molar-refractivity contribution >= 4 is 5.97 Å². The number of carboxylic acid groups (broad SMARTS) is 1. The molecular formula is C6H11O3. The Hall–Kier alpha value is -0.570. The molecule has 3 nitrogen and oxygen atoms in total. The summed E-state index contributed by atoms with van der Waals surface area (Å²) in [5, 5.41) is 8.07. The van der Waals surface area contributed by atoms with Crippen molar-refractivity contribution in [2.45, 2.75) is 19.8 Å². The number of hydrogen-bond donors (Lipinski definition) is 1. The van der Waals surface area contributed by atoms with E-state index in [1.54, 1.807) is 0 Å². The molecule has 3 heteroatoms. The van der Waals surface area contributed by atoms with E-state index in [2.05, 4.69) is 4.74 Å². The van der Waals surface area contributed by atoms with E-state index >= 15 is 0 Å². The van der Waals surface area contributed by atoms with Gasteiger partial charge in [-0.15, -0.1) is 0 Å². The Bertz CT molecular complexity index is 80.4. The first kappa shape index (κ1) is 8.43. The van der Waals surface area contributed by atoms with Gasteiger partial charge in [0.25, 0.3) is 0 Å². The van der Waals surface area contributed by atoms with Crippen molar-refractivity contribution < 1.29 is 14.6 Å². The molecule has 0 aromatic carbocycles. The lowest BCUT2D eigenvalue weighted by molar-refractivity contribution is -0.141. The van der Waals surface area contributed by atoms with Gasteiger partial charge in [0, 0.05) is 0 Å². The van der Waals surface area contributed by atoms with Gasteiger partial charge in [-0.25, -0.2) is 4.79 Å². The van der Waals surface area contributed by atoms with E-state index in [4.69, 9.17) is 5.11 Å². The van der Waals surface area contributed by atoms with Crippen LogP contribution in [0.3, 0.4) is 0 Å². The van der Waals surface area contributed by atoms with Gasteiger partial charge in [0.15, 0.2) is 0 Å². The van der Waals surface area contributed by atoms with Crippen LogP contribution in [0.5, 0.6) is 0 Å². The van der Waals surface area contributed by atoms with Crippen molar-refractivity contribution in [3.63, 3.8) is 0 Å². The molecule has 0 rings (SSSR count). The Morgan fingerprint density at radius 1 is 1.78 bits per heavy atom. The van der Waals surface area contributed by atoms with Crippen molar-refractivity contribution in [2.75, 3.05) is 6.61 Å². The van der Waals surface area contributed by atoms with E-state index in [0.29, 0.717) is 0 Å². The predicted molar refractivity (Wildman–Crippen MR) is 32.8 cm³/mol. The average Bonchev–Trinajstić information content (AvgIpc) is 1.80. The highest BCUT2D eigenvalue weighted by molar-refractivity contribution is 5.68. The Morgan fingerprint density at radius 3 is 2.89 bits per heavy atom. The van der Waals surface area contributed by atoms with Crippen LogP contribution >= 0.6 is 0 Å². The van der Waals surface area contributed by atoms with E-state index in [0.717, 1.165) is 12.8 Å². The van der Waals surface area contributed by atoms with Gasteiger partial charge < -0.3 is 9.84 Å². The van der Waals surface area contributed by atoms with Gasteiger partial charge in [0.05, 0.1) is 6.61 Å². The highest BCUT2D eigenvalue weighted by Crippen LogP contribution is 1.92. The maximum atomic E-state index is 9.82. The Balaban J connectivity index is 2.83. The van der Waals surface area contributed by atoms with E-state index in [1.165, 1.54) is 6.61 Å². The molecule has 0 aromatic heterocycles. The summed E-state index contributed by atoms with van der Waals surface area (Å²) in [4.78, 5) is 9.82. The molecule has 0 aliphatic rings. The minimum Gasteiger partial charge on any atom is -0.480 e. The topological polar surface area (TPSA) is 46.5 Å². The van der Waals surface area contributed by atoms with E-state index in [9.17, 15) is 4.79 Å². The smallest absolute Gasteiger partial charge is 0.329 e. The molecule has 53 valence electrons. The number of carboxylic acids is 1. The SMILES string of the molecule is CCC[CH]OCC(=O)O. The summed E-state index contributed by atoms with van der Waals surface area (Å²) in [5.41, 5.74) is 0. The maximum Gasteiger partial charge on any atom is 0.329 e. The van der Waals surface area contributed by atoms with Crippen LogP contribution in [0.4, 0.5) is 0 Å². The number of unbranched alkanes of at least 4 members (excludes halogenated alkanes) is 1. The Morgan fingerprint density at radius 2 is 2.44 bits per heavy atom. The molecule has 0 heterocycles. The van der Waals surface area contributed by atoms with Crippen LogP contribution in [-0.2, 0) is 9.53 Å². The van der Waals surface area contributed by atoms with Crippen LogP contribution in [0.2, 0.25) is 0 Å². The fourth-order valence-electron chi connectivity index (χ4n) is 0.331. The molecular weight excluding hydrogens is 120 g/mol. The normalized spacial score (nSPS) is 9.44. The summed E-state index contributed by atoms with van der Waals surface area (Å²) in [5.74, 6) is -0.928. The molecule has 0 bridgehead atoms. The minimum atomic E-state index is -0.928. The molecule has 0 saturated heterocycles. The number of hydrogen-bond acceptors (Lipinski definition) is 2. The van der Waals surface area contributed by atoms with Crippen LogP contribution in [0.15, 0.2) is 0 Å². The molecule has 0 saturated carbocycles. The van der Waals surface area contributed by atoms with E-state index in [1.807, 2.05) is 6.92 Å². The molecule has 0 unspecified atom stereocenters. The minimum absolute atomic E-state index is 0.222. The molecule has 0 aliphatic heterocycles. The van der Waals surface area contributed by atoms with Gasteiger partial charge in [0.1, 0.15) is 6.61 Å². The predicted octanol–water partition coefficient (Wildman–Crippen LogP) is 1.05. The molecule has 0 amide bonds. The summed E-state index contributed by atoms with van der Waals surface area (Å²) in [6, 6.07) is 0. The van der Waals surface area contributed by atoms with Gasteiger partial charge in [0.2, 0.25) is 0 Å². The van der Waals surface area contributed by atoms with Gasteiger partial charge >= 0.3 is 5.97 Å². The van der Waals surface area contributed by atoms with Crippen LogP contribution in [-0.4, -0.2) is 17.7 Å². The lowest BCUT2D eigenvalue weighted by Crippen LogP contribution is -2.04. The highest BCUT2D eigenvalue weighted by Gasteiger charge is 1.93. The number of ether oxygens (including phenoxy) is 1. The monoisotopic (exact) mass is 131 g/mol. The second kappa shape index (κ2) is 5.56. The van der Waals surface area contributed by atoms with Crippen LogP contribution in [0.25, 0.3) is 0 Å². The molecule has 0 atom stereocenters. The fourth-order valence-corrected chi connectivity index (χ4v) is 0.331. The molecule has 1 N–H and O–H groups in total. The lowest BCUT2D eigenvalue weighted by atomic mass is 10.4. The van der Waals surface area contributed by atoms with Crippen LogP contribution in [0.1, 0.15) is 19.8 Å². The summed E-state index contributed by atoms with van der Waals surface area (Å²) < 4.78 is 4.61. The molecule has 0 aliphatic carbocycles. The third-order valence-corrected chi connectivity index (χ3v) is 0.731. The van der Waals surface area contributed by atoms with Crippen molar-refractivity contribution in [1.29, 1.82) is 0 Å². The first-order valence-electron chi connectivity index (χ1n) is 2.92. The van der Waals surface area contributed by atoms with Crippen LogP contribution in [0, 0.1) is 6.61 Å². The Labute approximate surface area is 54.6 Å². The summed E-state index contributed by atoms with van der Waals surface area (Å²) in [7, 11) is 0. The van der Waals surface area contributed by atoms with Gasteiger partial charge in [-0.05, 0) is 6.42 Å². The summed E-state index contributed by atoms with van der Waals surface area (Å²) in [6.45, 7) is 3.30. The van der Waals surface area contributed by atoms with E-state index in [-0.39, 0.29) is 6.61 Å².